The molecule has 0 aliphatic heterocycles. The van der Waals surface area contributed by atoms with E-state index in [0.717, 1.165) is 28.7 Å². The first kappa shape index (κ1) is 29.7. The van der Waals surface area contributed by atoms with Gasteiger partial charge in [0.15, 0.2) is 17.5 Å². The van der Waals surface area contributed by atoms with Crippen LogP contribution in [0.1, 0.15) is 16.7 Å². The fraction of sp³-hybridized carbons (Fsp3) is 0.0426. The van der Waals surface area contributed by atoms with Crippen LogP contribution in [0.2, 0.25) is 0 Å². The zero-order valence-electron chi connectivity index (χ0n) is 27.7. The Bertz CT molecular complexity index is 2500. The van der Waals surface area contributed by atoms with E-state index < -0.39 is 0 Å². The molecule has 1 aliphatic rings. The quantitative estimate of drug-likeness (QED) is 0.182. The number of aromatic nitrogens is 3. The van der Waals surface area contributed by atoms with E-state index in [-0.39, 0.29) is 0 Å². The van der Waals surface area contributed by atoms with E-state index in [4.69, 9.17) is 15.0 Å². The average molecular weight is 640 g/mol. The lowest BCUT2D eigenvalue weighted by Crippen LogP contribution is -2.00. The smallest absolute Gasteiger partial charge is 0.164 e. The second kappa shape index (κ2) is 12.5. The van der Waals surface area contributed by atoms with Crippen LogP contribution in [0.25, 0.3) is 78.7 Å². The first-order valence-corrected chi connectivity index (χ1v) is 17.1. The number of aryl methyl sites for hydroxylation is 1. The van der Waals surface area contributed by atoms with Gasteiger partial charge in [-0.2, -0.15) is 0 Å². The molecular formula is C47H33N3. The second-order valence-corrected chi connectivity index (χ2v) is 12.9. The Morgan fingerprint density at radius 1 is 0.320 bits per heavy atom. The highest BCUT2D eigenvalue weighted by Gasteiger charge is 2.24. The van der Waals surface area contributed by atoms with Gasteiger partial charge >= 0.3 is 0 Å². The Morgan fingerprint density at radius 2 is 0.740 bits per heavy atom. The van der Waals surface area contributed by atoms with Crippen LogP contribution in [-0.2, 0) is 6.42 Å². The minimum absolute atomic E-state index is 0.661. The largest absolute Gasteiger partial charge is 0.208 e. The van der Waals surface area contributed by atoms with E-state index in [1.54, 1.807) is 0 Å². The maximum atomic E-state index is 5.03. The van der Waals surface area contributed by atoms with Crippen molar-refractivity contribution in [1.82, 2.24) is 15.0 Å². The highest BCUT2D eigenvalue weighted by atomic mass is 15.0. The SMILES string of the molecule is Cc1cccc(-c2nc(-c3ccccc3)nc(-c3cccc(-c4cccc5c4Cc4c(-c6ccc(-c7ccccc7)cc6)cccc4-5)c3)n2)c1. The molecule has 9 rings (SSSR count). The fourth-order valence-electron chi connectivity index (χ4n) is 7.21. The van der Waals surface area contributed by atoms with Crippen molar-refractivity contribution >= 4 is 0 Å². The molecule has 0 N–H and O–H groups in total. The molecule has 3 nitrogen and oxygen atoms in total. The third-order valence-corrected chi connectivity index (χ3v) is 9.67. The second-order valence-electron chi connectivity index (χ2n) is 12.9. The van der Waals surface area contributed by atoms with Crippen LogP contribution in [0.5, 0.6) is 0 Å². The van der Waals surface area contributed by atoms with Crippen molar-refractivity contribution in [1.29, 1.82) is 0 Å². The van der Waals surface area contributed by atoms with Gasteiger partial charge < -0.3 is 0 Å². The van der Waals surface area contributed by atoms with Crippen molar-refractivity contribution in [2.24, 2.45) is 0 Å². The normalized spacial score (nSPS) is 11.6. The monoisotopic (exact) mass is 639 g/mol. The summed E-state index contributed by atoms with van der Waals surface area (Å²) in [5, 5.41) is 0. The highest BCUT2D eigenvalue weighted by molar-refractivity contribution is 5.90. The van der Waals surface area contributed by atoms with Gasteiger partial charge in [0.1, 0.15) is 0 Å². The highest BCUT2D eigenvalue weighted by Crippen LogP contribution is 2.45. The van der Waals surface area contributed by atoms with E-state index in [1.165, 1.54) is 55.6 Å². The van der Waals surface area contributed by atoms with Crippen molar-refractivity contribution in [3.05, 3.63) is 187 Å². The van der Waals surface area contributed by atoms with Gasteiger partial charge in [-0.05, 0) is 81.1 Å². The van der Waals surface area contributed by atoms with E-state index in [9.17, 15) is 0 Å². The van der Waals surface area contributed by atoms with Crippen molar-refractivity contribution in [3.8, 4) is 78.7 Å². The van der Waals surface area contributed by atoms with E-state index in [1.807, 2.05) is 30.3 Å². The van der Waals surface area contributed by atoms with Gasteiger partial charge in [0.05, 0.1) is 0 Å². The molecule has 0 saturated heterocycles. The van der Waals surface area contributed by atoms with Crippen LogP contribution in [0, 0.1) is 6.92 Å². The Balaban J connectivity index is 1.10. The minimum Gasteiger partial charge on any atom is -0.208 e. The molecule has 0 amide bonds. The Morgan fingerprint density at radius 3 is 1.36 bits per heavy atom. The number of rotatable bonds is 6. The maximum absolute atomic E-state index is 5.03. The topological polar surface area (TPSA) is 38.7 Å². The zero-order valence-corrected chi connectivity index (χ0v) is 27.7. The van der Waals surface area contributed by atoms with Gasteiger partial charge in [-0.25, -0.2) is 15.0 Å². The van der Waals surface area contributed by atoms with Gasteiger partial charge in [-0.1, -0.05) is 163 Å². The molecule has 0 spiro atoms. The molecule has 0 unspecified atom stereocenters. The molecule has 1 heterocycles. The third kappa shape index (κ3) is 5.49. The van der Waals surface area contributed by atoms with Crippen molar-refractivity contribution in [2.75, 3.05) is 0 Å². The molecule has 7 aromatic carbocycles. The number of fused-ring (bicyclic) bond motifs is 3. The van der Waals surface area contributed by atoms with E-state index >= 15 is 0 Å². The third-order valence-electron chi connectivity index (χ3n) is 9.67. The molecule has 8 aromatic rings. The summed E-state index contributed by atoms with van der Waals surface area (Å²) in [6.45, 7) is 2.09. The van der Waals surface area contributed by atoms with E-state index in [0.29, 0.717) is 17.5 Å². The predicted molar refractivity (Wildman–Crippen MR) is 205 cm³/mol. The van der Waals surface area contributed by atoms with Crippen molar-refractivity contribution in [2.45, 2.75) is 13.3 Å². The molecule has 236 valence electrons. The lowest BCUT2D eigenvalue weighted by Gasteiger charge is -2.12. The predicted octanol–water partition coefficient (Wildman–Crippen LogP) is 11.8. The number of hydrogen-bond donors (Lipinski definition) is 0. The van der Waals surface area contributed by atoms with Gasteiger partial charge in [0.25, 0.3) is 0 Å². The summed E-state index contributed by atoms with van der Waals surface area (Å²) < 4.78 is 0. The molecule has 1 aromatic heterocycles. The molecule has 0 radical (unpaired) electrons. The Labute approximate surface area is 292 Å². The molecule has 0 bridgehead atoms. The minimum atomic E-state index is 0.661. The van der Waals surface area contributed by atoms with Gasteiger partial charge in [-0.3, -0.25) is 0 Å². The Kier molecular flexibility index (Phi) is 7.44. The summed E-state index contributed by atoms with van der Waals surface area (Å²) >= 11 is 0. The van der Waals surface area contributed by atoms with Crippen LogP contribution in [-0.4, -0.2) is 15.0 Å². The van der Waals surface area contributed by atoms with Gasteiger partial charge in [0, 0.05) is 16.7 Å². The number of hydrogen-bond acceptors (Lipinski definition) is 3. The van der Waals surface area contributed by atoms with Crippen molar-refractivity contribution < 1.29 is 0 Å². The van der Waals surface area contributed by atoms with Crippen molar-refractivity contribution in [3.63, 3.8) is 0 Å². The first-order valence-electron chi connectivity index (χ1n) is 17.1. The number of benzene rings is 7. The summed E-state index contributed by atoms with van der Waals surface area (Å²) in [7, 11) is 0. The lowest BCUT2D eigenvalue weighted by atomic mass is 9.94. The fourth-order valence-corrected chi connectivity index (χ4v) is 7.21. The molecular weight excluding hydrogens is 607 g/mol. The van der Waals surface area contributed by atoms with Gasteiger partial charge in [-0.15, -0.1) is 0 Å². The lowest BCUT2D eigenvalue weighted by molar-refractivity contribution is 1.07. The Hall–Kier alpha value is -6.45. The van der Waals surface area contributed by atoms with Crippen LogP contribution < -0.4 is 0 Å². The zero-order chi connectivity index (χ0) is 33.4. The van der Waals surface area contributed by atoms with E-state index in [2.05, 4.69) is 146 Å². The average Bonchev–Trinajstić information content (AvgIpc) is 3.58. The molecule has 50 heavy (non-hydrogen) atoms. The van der Waals surface area contributed by atoms with Crippen LogP contribution in [0.15, 0.2) is 170 Å². The molecule has 1 aliphatic carbocycles. The van der Waals surface area contributed by atoms with Gasteiger partial charge in [0.2, 0.25) is 0 Å². The summed E-state index contributed by atoms with van der Waals surface area (Å²) in [4.78, 5) is 15.0. The van der Waals surface area contributed by atoms with Crippen LogP contribution in [0.4, 0.5) is 0 Å². The van der Waals surface area contributed by atoms with Crippen LogP contribution >= 0.6 is 0 Å². The summed E-state index contributed by atoms with van der Waals surface area (Å²) in [5.74, 6) is 2.00. The first-order chi connectivity index (χ1) is 24.7. The summed E-state index contributed by atoms with van der Waals surface area (Å²) in [5.41, 5.74) is 16.8. The summed E-state index contributed by atoms with van der Waals surface area (Å²) in [6, 6.07) is 60.1. The number of nitrogens with zero attached hydrogens (tertiary/aromatic N) is 3. The molecule has 0 fully saturated rings. The summed E-state index contributed by atoms with van der Waals surface area (Å²) in [6.07, 6.45) is 0.878. The standard InChI is InChI=1S/C47H33N3/c1-31-12-8-18-37(28-31)46-48-45(35-15-6-3-7-16-35)49-47(50-46)38-19-9-17-36(29-38)40-21-11-23-42-41-22-10-20-39(43(41)30-44(40)42)34-26-24-33(25-27-34)32-13-4-2-5-14-32/h2-29H,30H2,1H3. The maximum Gasteiger partial charge on any atom is 0.164 e. The molecule has 3 heteroatoms. The molecule has 0 saturated carbocycles. The molecule has 0 atom stereocenters. The van der Waals surface area contributed by atoms with Crippen LogP contribution in [0.3, 0.4) is 0 Å².